The van der Waals surface area contributed by atoms with E-state index >= 15 is 0 Å². The molecule has 2 aliphatic rings. The van der Waals surface area contributed by atoms with Gasteiger partial charge in [0.1, 0.15) is 0 Å². The van der Waals surface area contributed by atoms with E-state index < -0.39 is 0 Å². The molecule has 0 saturated heterocycles. The first kappa shape index (κ1) is 7.41. The lowest BCUT2D eigenvalue weighted by Crippen LogP contribution is -2.25. The first-order valence-corrected chi connectivity index (χ1v) is 4.43. The molecule has 1 aliphatic carbocycles. The Hall–Kier alpha value is -1.24. The van der Waals surface area contributed by atoms with Crippen LogP contribution in [-0.4, -0.2) is 6.04 Å². The van der Waals surface area contributed by atoms with E-state index in [1.54, 1.807) is 0 Å². The van der Waals surface area contributed by atoms with Crippen molar-refractivity contribution in [3.05, 3.63) is 48.2 Å². The molecule has 1 atom stereocenters. The summed E-state index contributed by atoms with van der Waals surface area (Å²) in [4.78, 5) is 0. The van der Waals surface area contributed by atoms with Crippen molar-refractivity contribution in [2.75, 3.05) is 0 Å². The van der Waals surface area contributed by atoms with Gasteiger partial charge in [0.2, 0.25) is 0 Å². The Balaban J connectivity index is 2.09. The van der Waals surface area contributed by atoms with Crippen molar-refractivity contribution >= 4 is 0 Å². The molecule has 1 N–H and O–H groups in total. The van der Waals surface area contributed by atoms with Crippen LogP contribution in [0.25, 0.3) is 0 Å². The largest absolute Gasteiger partial charge is 0.381 e. The molecule has 12 heavy (non-hydrogen) atoms. The minimum Gasteiger partial charge on any atom is -0.381 e. The Bertz CT molecular complexity index is 269. The number of allylic oxidation sites excluding steroid dienone is 4. The van der Waals surface area contributed by atoms with Crippen LogP contribution >= 0.6 is 0 Å². The normalized spacial score (nSPS) is 26.7. The van der Waals surface area contributed by atoms with Crippen LogP contribution in [0.15, 0.2) is 48.2 Å². The number of dihydropyridines is 1. The van der Waals surface area contributed by atoms with E-state index in [4.69, 9.17) is 0 Å². The van der Waals surface area contributed by atoms with Crippen molar-refractivity contribution in [2.24, 2.45) is 0 Å². The fourth-order valence-electron chi connectivity index (χ4n) is 1.52. The average Bonchev–Trinajstić information content (AvgIpc) is 2.21. The fourth-order valence-corrected chi connectivity index (χ4v) is 1.52. The molecule has 0 bridgehead atoms. The van der Waals surface area contributed by atoms with Crippen LogP contribution < -0.4 is 5.32 Å². The molecule has 1 heterocycles. The molecule has 0 radical (unpaired) electrons. The molecular weight excluding hydrogens is 146 g/mol. The number of hydrogen-bond donors (Lipinski definition) is 1. The minimum atomic E-state index is 0.395. The van der Waals surface area contributed by atoms with Gasteiger partial charge in [0.05, 0.1) is 6.04 Å². The topological polar surface area (TPSA) is 12.0 Å². The molecule has 0 saturated carbocycles. The maximum Gasteiger partial charge on any atom is 0.0692 e. The SMILES string of the molecule is C1=CNC(C2=CCCC=C2)C=C1. The van der Waals surface area contributed by atoms with Crippen LogP contribution in [0.1, 0.15) is 12.8 Å². The van der Waals surface area contributed by atoms with Gasteiger partial charge in [-0.3, -0.25) is 0 Å². The molecule has 0 amide bonds. The number of nitrogens with one attached hydrogen (secondary N) is 1. The van der Waals surface area contributed by atoms with Crippen LogP contribution in [0.4, 0.5) is 0 Å². The Labute approximate surface area is 73.2 Å². The average molecular weight is 159 g/mol. The zero-order valence-electron chi connectivity index (χ0n) is 7.03. The van der Waals surface area contributed by atoms with E-state index in [-0.39, 0.29) is 0 Å². The van der Waals surface area contributed by atoms with Gasteiger partial charge in [-0.15, -0.1) is 0 Å². The van der Waals surface area contributed by atoms with Gasteiger partial charge in [0.15, 0.2) is 0 Å². The summed E-state index contributed by atoms with van der Waals surface area (Å²) < 4.78 is 0. The summed E-state index contributed by atoms with van der Waals surface area (Å²) in [6, 6.07) is 0.395. The predicted octanol–water partition coefficient (Wildman–Crippen LogP) is 2.30. The Morgan fingerprint density at radius 2 is 2.25 bits per heavy atom. The highest BCUT2D eigenvalue weighted by Crippen LogP contribution is 2.15. The molecule has 1 aliphatic heterocycles. The molecule has 1 nitrogen and oxygen atoms in total. The number of rotatable bonds is 1. The van der Waals surface area contributed by atoms with Crippen LogP contribution in [0.5, 0.6) is 0 Å². The third-order valence-electron chi connectivity index (χ3n) is 2.17. The summed E-state index contributed by atoms with van der Waals surface area (Å²) in [6.45, 7) is 0. The maximum atomic E-state index is 3.30. The van der Waals surface area contributed by atoms with Gasteiger partial charge in [-0.2, -0.15) is 0 Å². The predicted molar refractivity (Wildman–Crippen MR) is 51.7 cm³/mol. The van der Waals surface area contributed by atoms with Crippen molar-refractivity contribution < 1.29 is 0 Å². The zero-order chi connectivity index (χ0) is 8.23. The van der Waals surface area contributed by atoms with Crippen molar-refractivity contribution in [1.29, 1.82) is 0 Å². The fraction of sp³-hybridized carbons (Fsp3) is 0.273. The smallest absolute Gasteiger partial charge is 0.0692 e. The third-order valence-corrected chi connectivity index (χ3v) is 2.17. The molecule has 0 aromatic heterocycles. The molecule has 62 valence electrons. The highest BCUT2D eigenvalue weighted by Gasteiger charge is 2.08. The lowest BCUT2D eigenvalue weighted by Gasteiger charge is -2.18. The second-order valence-corrected chi connectivity index (χ2v) is 3.07. The quantitative estimate of drug-likeness (QED) is 0.619. The molecule has 1 heteroatoms. The standard InChI is InChI=1S/C11H13N/c1-2-6-10(7-3-1)11-8-4-5-9-12-11/h2,4-9,11-12H,1,3H2. The highest BCUT2D eigenvalue weighted by molar-refractivity contribution is 5.34. The second-order valence-electron chi connectivity index (χ2n) is 3.07. The molecule has 0 aromatic rings. The summed E-state index contributed by atoms with van der Waals surface area (Å²) in [5.41, 5.74) is 1.39. The molecule has 0 spiro atoms. The lowest BCUT2D eigenvalue weighted by molar-refractivity contribution is 0.787. The first-order valence-electron chi connectivity index (χ1n) is 4.43. The van der Waals surface area contributed by atoms with Crippen molar-refractivity contribution in [2.45, 2.75) is 18.9 Å². The summed E-state index contributed by atoms with van der Waals surface area (Å²) in [5.74, 6) is 0. The summed E-state index contributed by atoms with van der Waals surface area (Å²) >= 11 is 0. The van der Waals surface area contributed by atoms with Crippen LogP contribution in [-0.2, 0) is 0 Å². The van der Waals surface area contributed by atoms with Gasteiger partial charge in [-0.1, -0.05) is 30.4 Å². The van der Waals surface area contributed by atoms with Crippen molar-refractivity contribution in [1.82, 2.24) is 5.32 Å². The van der Waals surface area contributed by atoms with Gasteiger partial charge < -0.3 is 5.32 Å². The Morgan fingerprint density at radius 1 is 1.25 bits per heavy atom. The van der Waals surface area contributed by atoms with E-state index in [1.165, 1.54) is 18.4 Å². The summed E-state index contributed by atoms with van der Waals surface area (Å²) in [5, 5.41) is 3.30. The van der Waals surface area contributed by atoms with E-state index in [0.717, 1.165) is 0 Å². The highest BCUT2D eigenvalue weighted by atomic mass is 14.9. The molecular formula is C11H13N. The first-order chi connectivity index (χ1) is 5.97. The van der Waals surface area contributed by atoms with Crippen LogP contribution in [0.2, 0.25) is 0 Å². The summed E-state index contributed by atoms with van der Waals surface area (Å²) in [7, 11) is 0. The third kappa shape index (κ3) is 1.50. The second kappa shape index (κ2) is 3.44. The van der Waals surface area contributed by atoms with E-state index in [1.807, 2.05) is 12.3 Å². The van der Waals surface area contributed by atoms with Gasteiger partial charge in [-0.25, -0.2) is 0 Å². The Morgan fingerprint density at radius 3 is 2.92 bits per heavy atom. The Kier molecular flexibility index (Phi) is 2.12. The molecule has 2 rings (SSSR count). The minimum absolute atomic E-state index is 0.395. The monoisotopic (exact) mass is 159 g/mol. The maximum absolute atomic E-state index is 3.30. The van der Waals surface area contributed by atoms with Crippen LogP contribution in [0, 0.1) is 0 Å². The molecule has 0 aromatic carbocycles. The zero-order valence-corrected chi connectivity index (χ0v) is 7.03. The lowest BCUT2D eigenvalue weighted by atomic mass is 9.99. The molecule has 1 unspecified atom stereocenters. The van der Waals surface area contributed by atoms with Gasteiger partial charge in [0.25, 0.3) is 0 Å². The van der Waals surface area contributed by atoms with Crippen molar-refractivity contribution in [3.63, 3.8) is 0 Å². The number of hydrogen-bond acceptors (Lipinski definition) is 1. The van der Waals surface area contributed by atoms with Crippen LogP contribution in [0.3, 0.4) is 0 Å². The summed E-state index contributed by atoms with van der Waals surface area (Å²) in [6.07, 6.45) is 17.4. The van der Waals surface area contributed by atoms with E-state index in [9.17, 15) is 0 Å². The van der Waals surface area contributed by atoms with Gasteiger partial charge in [-0.05, 0) is 30.7 Å². The van der Waals surface area contributed by atoms with Gasteiger partial charge in [0, 0.05) is 0 Å². The molecule has 0 fully saturated rings. The van der Waals surface area contributed by atoms with Gasteiger partial charge >= 0.3 is 0 Å². The van der Waals surface area contributed by atoms with E-state index in [2.05, 4.69) is 35.7 Å². The van der Waals surface area contributed by atoms with E-state index in [0.29, 0.717) is 6.04 Å². The van der Waals surface area contributed by atoms with Crippen molar-refractivity contribution in [3.8, 4) is 0 Å².